The van der Waals surface area contributed by atoms with Crippen molar-refractivity contribution in [1.82, 2.24) is 16.0 Å². The molecule has 5 unspecified atom stereocenters. The van der Waals surface area contributed by atoms with E-state index >= 15 is 0 Å². The highest BCUT2D eigenvalue weighted by molar-refractivity contribution is 5.94. The van der Waals surface area contributed by atoms with Crippen molar-refractivity contribution in [2.75, 3.05) is 6.61 Å². The zero-order chi connectivity index (χ0) is 23.6. The van der Waals surface area contributed by atoms with Crippen molar-refractivity contribution < 1.29 is 44.4 Å². The number of nitrogens with one attached hydrogen (secondary N) is 3. The molecule has 0 saturated carbocycles. The normalized spacial score (nSPS) is 16.0. The minimum Gasteiger partial charge on any atom is -0.481 e. The molecule has 0 aromatic rings. The van der Waals surface area contributed by atoms with E-state index in [0.717, 1.165) is 6.92 Å². The molecule has 172 valence electrons. The molecule has 5 atom stereocenters. The standard InChI is InChI=1S/C17H30N4O9/c1-7(2)12(18)16(28)20-10(6-22)15(27)19-9(4-5-11(24)25)14(26)21-13(8(3)23)17(29)30/h7-10,12-13,22-23H,4-6,18H2,1-3H3,(H,19,27)(H,20,28)(H,21,26)(H,24,25)(H,29,30). The summed E-state index contributed by atoms with van der Waals surface area (Å²) in [5.74, 6) is -5.84. The van der Waals surface area contributed by atoms with Gasteiger partial charge in [-0.25, -0.2) is 4.79 Å². The van der Waals surface area contributed by atoms with Gasteiger partial charge in [-0.3, -0.25) is 19.2 Å². The molecule has 0 aliphatic carbocycles. The third-order valence-corrected chi connectivity index (χ3v) is 4.16. The Morgan fingerprint density at radius 3 is 1.77 bits per heavy atom. The van der Waals surface area contributed by atoms with Crippen molar-refractivity contribution in [1.29, 1.82) is 0 Å². The molecule has 0 spiro atoms. The fourth-order valence-corrected chi connectivity index (χ4v) is 2.22. The van der Waals surface area contributed by atoms with Crippen LogP contribution < -0.4 is 21.7 Å². The number of nitrogens with two attached hydrogens (primary N) is 1. The van der Waals surface area contributed by atoms with Gasteiger partial charge in [0.05, 0.1) is 18.8 Å². The van der Waals surface area contributed by atoms with Gasteiger partial charge in [-0.15, -0.1) is 0 Å². The molecule has 0 bridgehead atoms. The second-order valence-corrected chi connectivity index (χ2v) is 7.07. The summed E-state index contributed by atoms with van der Waals surface area (Å²) >= 11 is 0. The van der Waals surface area contributed by atoms with Crippen molar-refractivity contribution in [3.63, 3.8) is 0 Å². The van der Waals surface area contributed by atoms with E-state index in [2.05, 4.69) is 10.6 Å². The molecule has 9 N–H and O–H groups in total. The van der Waals surface area contributed by atoms with E-state index in [0.29, 0.717) is 0 Å². The van der Waals surface area contributed by atoms with Gasteiger partial charge in [0.1, 0.15) is 12.1 Å². The third-order valence-electron chi connectivity index (χ3n) is 4.16. The molecule has 0 fully saturated rings. The van der Waals surface area contributed by atoms with Crippen LogP contribution in [0.1, 0.15) is 33.6 Å². The molecule has 0 heterocycles. The molecule has 0 aliphatic heterocycles. The second kappa shape index (κ2) is 12.7. The van der Waals surface area contributed by atoms with Crippen LogP contribution in [-0.4, -0.2) is 87.0 Å². The zero-order valence-corrected chi connectivity index (χ0v) is 17.0. The second-order valence-electron chi connectivity index (χ2n) is 7.07. The fraction of sp³-hybridized carbons (Fsp3) is 0.706. The largest absolute Gasteiger partial charge is 0.481 e. The summed E-state index contributed by atoms with van der Waals surface area (Å²) in [5.41, 5.74) is 5.67. The van der Waals surface area contributed by atoms with E-state index in [-0.39, 0.29) is 5.92 Å². The molecule has 0 aromatic carbocycles. The van der Waals surface area contributed by atoms with Gasteiger partial charge < -0.3 is 42.1 Å². The number of amides is 3. The maximum absolute atomic E-state index is 12.4. The van der Waals surface area contributed by atoms with Crippen molar-refractivity contribution in [2.45, 2.75) is 63.9 Å². The molecular weight excluding hydrogens is 404 g/mol. The molecule has 30 heavy (non-hydrogen) atoms. The smallest absolute Gasteiger partial charge is 0.328 e. The van der Waals surface area contributed by atoms with E-state index in [1.165, 1.54) is 0 Å². The van der Waals surface area contributed by atoms with Crippen LogP contribution in [0.25, 0.3) is 0 Å². The van der Waals surface area contributed by atoms with Gasteiger partial charge in [0.2, 0.25) is 17.7 Å². The highest BCUT2D eigenvalue weighted by atomic mass is 16.4. The van der Waals surface area contributed by atoms with Gasteiger partial charge in [0, 0.05) is 6.42 Å². The summed E-state index contributed by atoms with van der Waals surface area (Å²) < 4.78 is 0. The average Bonchev–Trinajstić information content (AvgIpc) is 2.65. The Labute approximate surface area is 173 Å². The van der Waals surface area contributed by atoms with Crippen LogP contribution in [0.5, 0.6) is 0 Å². The quantitative estimate of drug-likeness (QED) is 0.144. The Kier molecular flexibility index (Phi) is 11.5. The van der Waals surface area contributed by atoms with E-state index in [4.69, 9.17) is 15.9 Å². The highest BCUT2D eigenvalue weighted by Gasteiger charge is 2.32. The SMILES string of the molecule is CC(C)C(N)C(=O)NC(CO)C(=O)NC(CCC(=O)O)C(=O)NC(C(=O)O)C(C)O. The maximum atomic E-state index is 12.4. The lowest BCUT2D eigenvalue weighted by Gasteiger charge is -2.25. The van der Waals surface area contributed by atoms with Crippen molar-refractivity contribution in [2.24, 2.45) is 11.7 Å². The number of aliphatic hydroxyl groups excluding tert-OH is 2. The topological polar surface area (TPSA) is 228 Å². The summed E-state index contributed by atoms with van der Waals surface area (Å²) in [6.07, 6.45) is -2.42. The van der Waals surface area contributed by atoms with Gasteiger partial charge in [-0.2, -0.15) is 0 Å². The van der Waals surface area contributed by atoms with Crippen LogP contribution >= 0.6 is 0 Å². The van der Waals surface area contributed by atoms with Gasteiger partial charge in [0.15, 0.2) is 6.04 Å². The number of carboxylic acids is 2. The van der Waals surface area contributed by atoms with Crippen LogP contribution in [0.2, 0.25) is 0 Å². The van der Waals surface area contributed by atoms with Crippen LogP contribution in [0.4, 0.5) is 0 Å². The number of carbonyl (C=O) groups is 5. The molecule has 0 aliphatic rings. The molecule has 0 aromatic heterocycles. The number of carbonyl (C=O) groups excluding carboxylic acids is 3. The monoisotopic (exact) mass is 434 g/mol. The van der Waals surface area contributed by atoms with Crippen LogP contribution in [0.3, 0.4) is 0 Å². The van der Waals surface area contributed by atoms with E-state index in [9.17, 15) is 34.2 Å². The Balaban J connectivity index is 5.34. The first kappa shape index (κ1) is 27.2. The van der Waals surface area contributed by atoms with Gasteiger partial charge in [-0.1, -0.05) is 13.8 Å². The maximum Gasteiger partial charge on any atom is 0.328 e. The predicted octanol–water partition coefficient (Wildman–Crippen LogP) is -3.25. The first-order valence-corrected chi connectivity index (χ1v) is 9.22. The molecule has 0 rings (SSSR count). The van der Waals surface area contributed by atoms with Crippen molar-refractivity contribution >= 4 is 29.7 Å². The van der Waals surface area contributed by atoms with Crippen LogP contribution in [0.15, 0.2) is 0 Å². The Morgan fingerprint density at radius 2 is 1.37 bits per heavy atom. The summed E-state index contributed by atoms with van der Waals surface area (Å²) in [4.78, 5) is 58.8. The predicted molar refractivity (Wildman–Crippen MR) is 102 cm³/mol. The van der Waals surface area contributed by atoms with Crippen molar-refractivity contribution in [3.05, 3.63) is 0 Å². The zero-order valence-electron chi connectivity index (χ0n) is 17.0. The molecule has 0 saturated heterocycles. The highest BCUT2D eigenvalue weighted by Crippen LogP contribution is 2.03. The van der Waals surface area contributed by atoms with Crippen LogP contribution in [-0.2, 0) is 24.0 Å². The lowest BCUT2D eigenvalue weighted by molar-refractivity contribution is -0.145. The summed E-state index contributed by atoms with van der Waals surface area (Å²) in [5, 5.41) is 43.2. The molecule has 13 nitrogen and oxygen atoms in total. The fourth-order valence-electron chi connectivity index (χ4n) is 2.22. The van der Waals surface area contributed by atoms with E-state index in [1.54, 1.807) is 13.8 Å². The van der Waals surface area contributed by atoms with Gasteiger partial charge in [-0.05, 0) is 19.3 Å². The molecule has 13 heteroatoms. The van der Waals surface area contributed by atoms with E-state index in [1.807, 2.05) is 5.32 Å². The lowest BCUT2D eigenvalue weighted by Crippen LogP contribution is -2.59. The number of carboxylic acid groups (broad SMARTS) is 2. The number of rotatable bonds is 13. The van der Waals surface area contributed by atoms with E-state index < -0.39 is 79.4 Å². The molecular formula is C17H30N4O9. The lowest BCUT2D eigenvalue weighted by atomic mass is 10.0. The summed E-state index contributed by atoms with van der Waals surface area (Å²) in [6.45, 7) is 3.64. The molecule has 3 amide bonds. The third kappa shape index (κ3) is 9.15. The number of hydrogen-bond acceptors (Lipinski definition) is 8. The number of hydrogen-bond donors (Lipinski definition) is 8. The van der Waals surface area contributed by atoms with Crippen LogP contribution in [0, 0.1) is 5.92 Å². The average molecular weight is 434 g/mol. The summed E-state index contributed by atoms with van der Waals surface area (Å²) in [6, 6.07) is -5.63. The minimum atomic E-state index is -1.70. The molecule has 0 radical (unpaired) electrons. The number of aliphatic hydroxyl groups is 2. The first-order valence-electron chi connectivity index (χ1n) is 9.22. The van der Waals surface area contributed by atoms with Crippen molar-refractivity contribution in [3.8, 4) is 0 Å². The van der Waals surface area contributed by atoms with Gasteiger partial charge in [0.25, 0.3) is 0 Å². The minimum absolute atomic E-state index is 0.255. The van der Waals surface area contributed by atoms with Gasteiger partial charge >= 0.3 is 11.9 Å². The Bertz CT molecular complexity index is 639. The summed E-state index contributed by atoms with van der Waals surface area (Å²) in [7, 11) is 0. The Morgan fingerprint density at radius 1 is 0.867 bits per heavy atom. The Hall–Kier alpha value is -2.77. The number of aliphatic carboxylic acids is 2. The first-order chi connectivity index (χ1) is 13.8.